The largest absolute Gasteiger partial charge is 0.351 e. The number of amides is 1. The molecule has 0 unspecified atom stereocenters. The van der Waals surface area contributed by atoms with Gasteiger partial charge in [0.1, 0.15) is 5.82 Å². The lowest BCUT2D eigenvalue weighted by atomic mass is 10.1. The van der Waals surface area contributed by atoms with Crippen LogP contribution in [0.15, 0.2) is 47.4 Å². The molecule has 0 fully saturated rings. The highest BCUT2D eigenvalue weighted by Gasteiger charge is 2.27. The topological polar surface area (TPSA) is 32.3 Å². The highest BCUT2D eigenvalue weighted by atomic mass is 32.2. The van der Waals surface area contributed by atoms with E-state index >= 15 is 0 Å². The highest BCUT2D eigenvalue weighted by Crippen LogP contribution is 2.36. The summed E-state index contributed by atoms with van der Waals surface area (Å²) in [6.45, 7) is 0.967. The molecule has 1 aliphatic heterocycles. The molecular formula is C19H21FN2OS. The van der Waals surface area contributed by atoms with Gasteiger partial charge in [0.15, 0.2) is 0 Å². The average Bonchev–Trinajstić information content (AvgIpc) is 2.99. The van der Waals surface area contributed by atoms with Crippen LogP contribution in [0.1, 0.15) is 16.7 Å². The first-order valence-electron chi connectivity index (χ1n) is 7.97. The summed E-state index contributed by atoms with van der Waals surface area (Å²) in [6.07, 6.45) is 0.766. The Morgan fingerprint density at radius 1 is 1.29 bits per heavy atom. The molecule has 0 bridgehead atoms. The van der Waals surface area contributed by atoms with Crippen LogP contribution >= 0.6 is 11.8 Å². The first-order valence-corrected chi connectivity index (χ1v) is 8.85. The van der Waals surface area contributed by atoms with Gasteiger partial charge in [0.2, 0.25) is 5.91 Å². The second-order valence-corrected chi connectivity index (χ2v) is 7.54. The van der Waals surface area contributed by atoms with Gasteiger partial charge < -0.3 is 10.2 Å². The molecule has 0 aromatic heterocycles. The van der Waals surface area contributed by atoms with Crippen molar-refractivity contribution in [2.75, 3.05) is 14.1 Å². The van der Waals surface area contributed by atoms with Crippen LogP contribution in [0.2, 0.25) is 0 Å². The Balaban J connectivity index is 1.59. The van der Waals surface area contributed by atoms with Crippen molar-refractivity contribution in [2.45, 2.75) is 29.7 Å². The summed E-state index contributed by atoms with van der Waals surface area (Å²) in [4.78, 5) is 15.5. The second kappa shape index (κ2) is 7.36. The van der Waals surface area contributed by atoms with E-state index in [2.05, 4.69) is 17.4 Å². The number of hydrogen-bond donors (Lipinski definition) is 1. The van der Waals surface area contributed by atoms with Crippen LogP contribution in [0.25, 0.3) is 0 Å². The van der Waals surface area contributed by atoms with Gasteiger partial charge in [-0.05, 0) is 49.8 Å². The third kappa shape index (κ3) is 3.97. The second-order valence-electron chi connectivity index (χ2n) is 6.30. The van der Waals surface area contributed by atoms with E-state index in [-0.39, 0.29) is 17.0 Å². The lowest BCUT2D eigenvalue weighted by molar-refractivity contribution is -0.120. The van der Waals surface area contributed by atoms with Crippen LogP contribution in [0.4, 0.5) is 4.39 Å². The zero-order valence-electron chi connectivity index (χ0n) is 13.9. The van der Waals surface area contributed by atoms with Gasteiger partial charge in [-0.3, -0.25) is 4.79 Å². The molecule has 0 saturated heterocycles. The molecule has 1 amide bonds. The van der Waals surface area contributed by atoms with Crippen molar-refractivity contribution in [3.8, 4) is 0 Å². The predicted molar refractivity (Wildman–Crippen MR) is 95.4 cm³/mol. The minimum Gasteiger partial charge on any atom is -0.351 e. The number of carbonyl (C=O) groups excluding carboxylic acids is 1. The van der Waals surface area contributed by atoms with Crippen molar-refractivity contribution in [2.24, 2.45) is 0 Å². The molecule has 5 heteroatoms. The summed E-state index contributed by atoms with van der Waals surface area (Å²) in [7, 11) is 3.81. The van der Waals surface area contributed by atoms with Gasteiger partial charge in [-0.25, -0.2) is 4.39 Å². The molecule has 2 aromatic rings. The maximum atomic E-state index is 13.8. The number of hydrogen-bond acceptors (Lipinski definition) is 3. The normalized spacial score (nSPS) is 16.2. The molecule has 0 saturated carbocycles. The fourth-order valence-corrected chi connectivity index (χ4v) is 4.05. The van der Waals surface area contributed by atoms with Crippen LogP contribution in [0.5, 0.6) is 0 Å². The standard InChI is InChI=1S/C19H21FN2OS/c1-22(2)12-15-9-13(7-8-16(15)20)11-21-19(23)18-10-14-5-3-4-6-17(14)24-18/h3-9,18H,10-12H2,1-2H3,(H,21,23)/t18-/m0/s1. The summed E-state index contributed by atoms with van der Waals surface area (Å²) in [5, 5.41) is 2.90. The molecule has 3 rings (SSSR count). The minimum absolute atomic E-state index is 0.0367. The van der Waals surface area contributed by atoms with Gasteiger partial charge in [-0.1, -0.05) is 24.3 Å². The van der Waals surface area contributed by atoms with Gasteiger partial charge in [0.25, 0.3) is 0 Å². The number of nitrogens with zero attached hydrogens (tertiary/aromatic N) is 1. The Kier molecular flexibility index (Phi) is 5.21. The molecule has 126 valence electrons. The number of benzene rings is 2. The van der Waals surface area contributed by atoms with Crippen LogP contribution in [0.3, 0.4) is 0 Å². The first kappa shape index (κ1) is 17.0. The molecule has 2 aromatic carbocycles. The summed E-state index contributed by atoms with van der Waals surface area (Å²) in [6, 6.07) is 13.2. The maximum Gasteiger partial charge on any atom is 0.234 e. The monoisotopic (exact) mass is 344 g/mol. The number of thioether (sulfide) groups is 1. The summed E-state index contributed by atoms with van der Waals surface area (Å²) in [5.41, 5.74) is 2.80. The van der Waals surface area contributed by atoms with Gasteiger partial charge >= 0.3 is 0 Å². The van der Waals surface area contributed by atoms with Crippen molar-refractivity contribution in [1.29, 1.82) is 0 Å². The first-order chi connectivity index (χ1) is 11.5. The van der Waals surface area contributed by atoms with Gasteiger partial charge in [0.05, 0.1) is 5.25 Å². The van der Waals surface area contributed by atoms with E-state index < -0.39 is 0 Å². The van der Waals surface area contributed by atoms with Crippen molar-refractivity contribution in [1.82, 2.24) is 10.2 Å². The fourth-order valence-electron chi connectivity index (χ4n) is 2.83. The Morgan fingerprint density at radius 3 is 2.83 bits per heavy atom. The number of halogens is 1. The van der Waals surface area contributed by atoms with Gasteiger partial charge in [-0.15, -0.1) is 11.8 Å². The molecule has 0 spiro atoms. The quantitative estimate of drug-likeness (QED) is 0.904. The van der Waals surface area contributed by atoms with E-state index in [9.17, 15) is 9.18 Å². The van der Waals surface area contributed by atoms with Crippen LogP contribution < -0.4 is 5.32 Å². The van der Waals surface area contributed by atoms with E-state index in [0.717, 1.165) is 12.0 Å². The van der Waals surface area contributed by atoms with E-state index in [4.69, 9.17) is 0 Å². The summed E-state index contributed by atoms with van der Waals surface area (Å²) >= 11 is 1.61. The van der Waals surface area contributed by atoms with Crippen molar-refractivity contribution >= 4 is 17.7 Å². The Hall–Kier alpha value is -1.85. The van der Waals surface area contributed by atoms with Crippen LogP contribution in [0, 0.1) is 5.82 Å². The zero-order chi connectivity index (χ0) is 17.1. The SMILES string of the molecule is CN(C)Cc1cc(CNC(=O)[C@@H]2Cc3ccccc3S2)ccc1F. The predicted octanol–water partition coefficient (Wildman–Crippen LogP) is 3.22. The third-order valence-electron chi connectivity index (χ3n) is 4.00. The molecule has 1 N–H and O–H groups in total. The van der Waals surface area contributed by atoms with E-state index in [1.807, 2.05) is 37.2 Å². The molecule has 0 radical (unpaired) electrons. The van der Waals surface area contributed by atoms with Crippen LogP contribution in [-0.4, -0.2) is 30.2 Å². The Bertz CT molecular complexity index is 723. The van der Waals surface area contributed by atoms with E-state index in [0.29, 0.717) is 18.7 Å². The lowest BCUT2D eigenvalue weighted by Gasteiger charge is -2.13. The lowest BCUT2D eigenvalue weighted by Crippen LogP contribution is -2.32. The fraction of sp³-hybridized carbons (Fsp3) is 0.316. The number of fused-ring (bicyclic) bond motifs is 1. The Labute approximate surface area is 146 Å². The highest BCUT2D eigenvalue weighted by molar-refractivity contribution is 8.01. The van der Waals surface area contributed by atoms with Crippen molar-refractivity contribution in [3.05, 3.63) is 65.0 Å². The molecular weight excluding hydrogens is 323 g/mol. The third-order valence-corrected chi connectivity index (χ3v) is 5.32. The molecule has 3 nitrogen and oxygen atoms in total. The van der Waals surface area contributed by atoms with Gasteiger partial charge in [0, 0.05) is 23.5 Å². The summed E-state index contributed by atoms with van der Waals surface area (Å²) in [5.74, 6) is -0.171. The van der Waals surface area contributed by atoms with E-state index in [1.54, 1.807) is 17.8 Å². The molecule has 1 aliphatic rings. The number of carbonyl (C=O) groups is 1. The molecule has 24 heavy (non-hydrogen) atoms. The van der Waals surface area contributed by atoms with Crippen molar-refractivity contribution < 1.29 is 9.18 Å². The van der Waals surface area contributed by atoms with Crippen molar-refractivity contribution in [3.63, 3.8) is 0 Å². The molecule has 0 aliphatic carbocycles. The smallest absolute Gasteiger partial charge is 0.234 e. The zero-order valence-corrected chi connectivity index (χ0v) is 14.7. The molecule has 1 heterocycles. The summed E-state index contributed by atoms with van der Waals surface area (Å²) < 4.78 is 13.8. The molecule has 1 atom stereocenters. The number of rotatable bonds is 5. The number of nitrogens with one attached hydrogen (secondary N) is 1. The van der Waals surface area contributed by atoms with E-state index in [1.165, 1.54) is 16.5 Å². The Morgan fingerprint density at radius 2 is 2.08 bits per heavy atom. The maximum absolute atomic E-state index is 13.8. The van der Waals surface area contributed by atoms with Gasteiger partial charge in [-0.2, -0.15) is 0 Å². The van der Waals surface area contributed by atoms with Crippen LogP contribution in [-0.2, 0) is 24.3 Å². The minimum atomic E-state index is -0.208. The average molecular weight is 344 g/mol.